The second kappa shape index (κ2) is 5.00. The van der Waals surface area contributed by atoms with Crippen molar-refractivity contribution in [1.29, 1.82) is 0 Å². The molecule has 102 valence electrons. The van der Waals surface area contributed by atoms with Crippen molar-refractivity contribution in [3.63, 3.8) is 0 Å². The summed E-state index contributed by atoms with van der Waals surface area (Å²) in [6.07, 6.45) is -2.10. The lowest BCUT2D eigenvalue weighted by atomic mass is 10.2. The van der Waals surface area contributed by atoms with Gasteiger partial charge in [-0.3, -0.25) is 0 Å². The number of nitrogens with zero attached hydrogens (tertiary/aromatic N) is 3. The smallest absolute Gasteiger partial charge is 0.328 e. The molecular formula is C12H13F3N4. The van der Waals surface area contributed by atoms with Gasteiger partial charge in [-0.2, -0.15) is 13.2 Å². The third-order valence-electron chi connectivity index (χ3n) is 2.53. The van der Waals surface area contributed by atoms with E-state index in [0.29, 0.717) is 17.8 Å². The largest absolute Gasteiger partial charge is 0.416 e. The van der Waals surface area contributed by atoms with Crippen LogP contribution in [0.4, 0.5) is 13.2 Å². The SMILES string of the molecule is CC(N)Cc1cn(-c2ccc(C(F)(F)F)cc2)nn1. The van der Waals surface area contributed by atoms with E-state index in [4.69, 9.17) is 5.73 Å². The molecule has 1 aromatic heterocycles. The van der Waals surface area contributed by atoms with Crippen LogP contribution in [0.1, 0.15) is 18.2 Å². The summed E-state index contributed by atoms with van der Waals surface area (Å²) >= 11 is 0. The molecule has 0 aliphatic carbocycles. The summed E-state index contributed by atoms with van der Waals surface area (Å²) in [7, 11) is 0. The van der Waals surface area contributed by atoms with Crippen LogP contribution in [0.2, 0.25) is 0 Å². The van der Waals surface area contributed by atoms with E-state index in [0.717, 1.165) is 12.1 Å². The number of rotatable bonds is 3. The van der Waals surface area contributed by atoms with Gasteiger partial charge in [0.1, 0.15) is 0 Å². The summed E-state index contributed by atoms with van der Waals surface area (Å²) in [5.41, 5.74) is 6.18. The highest BCUT2D eigenvalue weighted by Crippen LogP contribution is 2.29. The highest BCUT2D eigenvalue weighted by Gasteiger charge is 2.30. The maximum atomic E-state index is 12.4. The van der Waals surface area contributed by atoms with Crippen LogP contribution < -0.4 is 5.73 Å². The Labute approximate surface area is 108 Å². The summed E-state index contributed by atoms with van der Waals surface area (Å²) in [6, 6.07) is 4.70. The van der Waals surface area contributed by atoms with Crippen molar-refractivity contribution in [3.05, 3.63) is 41.7 Å². The number of hydrogen-bond donors (Lipinski definition) is 1. The standard InChI is InChI=1S/C12H13F3N4/c1-8(16)6-10-7-19(18-17-10)11-4-2-9(3-5-11)12(13,14)15/h2-5,7-8H,6,16H2,1H3. The van der Waals surface area contributed by atoms with Crippen LogP contribution in [0, 0.1) is 0 Å². The van der Waals surface area contributed by atoms with Gasteiger partial charge in [-0.25, -0.2) is 4.68 Å². The van der Waals surface area contributed by atoms with Crippen LogP contribution in [-0.2, 0) is 12.6 Å². The molecule has 0 spiro atoms. The summed E-state index contributed by atoms with van der Waals surface area (Å²) < 4.78 is 38.7. The number of aromatic nitrogens is 3. The summed E-state index contributed by atoms with van der Waals surface area (Å²) in [4.78, 5) is 0. The summed E-state index contributed by atoms with van der Waals surface area (Å²) in [6.45, 7) is 1.84. The Morgan fingerprint density at radius 2 is 1.89 bits per heavy atom. The molecule has 4 nitrogen and oxygen atoms in total. The summed E-state index contributed by atoms with van der Waals surface area (Å²) in [5, 5.41) is 7.78. The van der Waals surface area contributed by atoms with E-state index in [9.17, 15) is 13.2 Å². The van der Waals surface area contributed by atoms with Crippen molar-refractivity contribution in [3.8, 4) is 5.69 Å². The van der Waals surface area contributed by atoms with Crippen molar-refractivity contribution in [2.75, 3.05) is 0 Å². The predicted molar refractivity (Wildman–Crippen MR) is 63.7 cm³/mol. The molecule has 2 rings (SSSR count). The Balaban J connectivity index is 2.20. The molecule has 0 amide bonds. The Morgan fingerprint density at radius 1 is 1.26 bits per heavy atom. The minimum atomic E-state index is -4.33. The van der Waals surface area contributed by atoms with Crippen LogP contribution in [0.5, 0.6) is 0 Å². The molecule has 2 N–H and O–H groups in total. The number of hydrogen-bond acceptors (Lipinski definition) is 3. The average molecular weight is 270 g/mol. The second-order valence-corrected chi connectivity index (χ2v) is 4.38. The second-order valence-electron chi connectivity index (χ2n) is 4.38. The molecule has 1 aromatic carbocycles. The van der Waals surface area contributed by atoms with Gasteiger partial charge in [0.25, 0.3) is 0 Å². The van der Waals surface area contributed by atoms with E-state index >= 15 is 0 Å². The molecule has 1 unspecified atom stereocenters. The van der Waals surface area contributed by atoms with Gasteiger partial charge in [0.05, 0.1) is 23.1 Å². The van der Waals surface area contributed by atoms with Crippen molar-refractivity contribution < 1.29 is 13.2 Å². The monoisotopic (exact) mass is 270 g/mol. The number of nitrogens with two attached hydrogens (primary N) is 1. The first-order chi connectivity index (χ1) is 8.86. The van der Waals surface area contributed by atoms with Gasteiger partial charge >= 0.3 is 6.18 Å². The Hall–Kier alpha value is -1.89. The van der Waals surface area contributed by atoms with Gasteiger partial charge < -0.3 is 5.73 Å². The normalized spacial score (nSPS) is 13.5. The van der Waals surface area contributed by atoms with Crippen LogP contribution >= 0.6 is 0 Å². The molecule has 0 bridgehead atoms. The third kappa shape index (κ3) is 3.31. The van der Waals surface area contributed by atoms with Crippen LogP contribution in [0.3, 0.4) is 0 Å². The fraction of sp³-hybridized carbons (Fsp3) is 0.333. The molecule has 0 fully saturated rings. The lowest BCUT2D eigenvalue weighted by Gasteiger charge is -2.07. The first-order valence-corrected chi connectivity index (χ1v) is 5.70. The maximum absolute atomic E-state index is 12.4. The zero-order chi connectivity index (χ0) is 14.0. The molecule has 0 aliphatic heterocycles. The highest BCUT2D eigenvalue weighted by molar-refractivity contribution is 5.34. The van der Waals surface area contributed by atoms with Crippen molar-refractivity contribution in [1.82, 2.24) is 15.0 Å². The first kappa shape index (κ1) is 13.5. The van der Waals surface area contributed by atoms with Gasteiger partial charge in [-0.05, 0) is 31.2 Å². The maximum Gasteiger partial charge on any atom is 0.416 e. The molecule has 0 saturated heterocycles. The molecule has 2 aromatic rings. The van der Waals surface area contributed by atoms with Crippen molar-refractivity contribution in [2.24, 2.45) is 5.73 Å². The molecule has 7 heteroatoms. The zero-order valence-electron chi connectivity index (χ0n) is 10.2. The number of alkyl halides is 3. The molecular weight excluding hydrogens is 257 g/mol. The number of halogens is 3. The minimum absolute atomic E-state index is 0.0437. The van der Waals surface area contributed by atoms with E-state index in [-0.39, 0.29) is 6.04 Å². The average Bonchev–Trinajstić information content (AvgIpc) is 2.75. The molecule has 1 atom stereocenters. The Morgan fingerprint density at radius 3 is 2.42 bits per heavy atom. The Kier molecular flexibility index (Phi) is 3.57. The fourth-order valence-electron chi connectivity index (χ4n) is 1.65. The minimum Gasteiger partial charge on any atom is -0.328 e. The molecule has 1 heterocycles. The first-order valence-electron chi connectivity index (χ1n) is 5.70. The predicted octanol–water partition coefficient (Wildman–Crippen LogP) is 2.18. The van der Waals surface area contributed by atoms with Gasteiger partial charge in [-0.1, -0.05) is 5.21 Å². The van der Waals surface area contributed by atoms with Gasteiger partial charge in [0.2, 0.25) is 0 Å². The van der Waals surface area contributed by atoms with Crippen molar-refractivity contribution >= 4 is 0 Å². The third-order valence-corrected chi connectivity index (χ3v) is 2.53. The quantitative estimate of drug-likeness (QED) is 0.930. The summed E-state index contributed by atoms with van der Waals surface area (Å²) in [5.74, 6) is 0. The van der Waals surface area contributed by atoms with E-state index in [1.165, 1.54) is 16.8 Å². The molecule has 0 radical (unpaired) electrons. The van der Waals surface area contributed by atoms with Gasteiger partial charge in [-0.15, -0.1) is 5.10 Å². The van der Waals surface area contributed by atoms with Gasteiger partial charge in [0.15, 0.2) is 0 Å². The van der Waals surface area contributed by atoms with Gasteiger partial charge in [0, 0.05) is 12.5 Å². The highest BCUT2D eigenvalue weighted by atomic mass is 19.4. The molecule has 0 aliphatic rings. The molecule has 0 saturated carbocycles. The number of benzene rings is 1. The fourth-order valence-corrected chi connectivity index (χ4v) is 1.65. The van der Waals surface area contributed by atoms with Crippen molar-refractivity contribution in [2.45, 2.75) is 25.6 Å². The topological polar surface area (TPSA) is 56.7 Å². The Bertz CT molecular complexity index is 543. The van der Waals surface area contributed by atoms with E-state index in [2.05, 4.69) is 10.3 Å². The lowest BCUT2D eigenvalue weighted by Crippen LogP contribution is -2.17. The zero-order valence-corrected chi connectivity index (χ0v) is 10.2. The van der Waals surface area contributed by atoms with Crippen LogP contribution in [0.25, 0.3) is 5.69 Å². The van der Waals surface area contributed by atoms with Crippen LogP contribution in [0.15, 0.2) is 30.5 Å². The van der Waals surface area contributed by atoms with Crippen LogP contribution in [-0.4, -0.2) is 21.0 Å². The molecule has 19 heavy (non-hydrogen) atoms. The van der Waals surface area contributed by atoms with E-state index in [1.54, 1.807) is 6.20 Å². The van der Waals surface area contributed by atoms with E-state index in [1.807, 2.05) is 6.92 Å². The lowest BCUT2D eigenvalue weighted by molar-refractivity contribution is -0.137. The van der Waals surface area contributed by atoms with E-state index < -0.39 is 11.7 Å².